The highest BCUT2D eigenvalue weighted by atomic mass is 127. The zero-order valence-electron chi connectivity index (χ0n) is 6.26. The maximum Gasteiger partial charge on any atom is 0.0626 e. The summed E-state index contributed by atoms with van der Waals surface area (Å²) in [4.78, 5) is 0. The molecule has 1 aromatic heterocycles. The third-order valence-electron chi connectivity index (χ3n) is 1.48. The fraction of sp³-hybridized carbons (Fsp3) is 0.571. The molecule has 0 spiro atoms. The van der Waals surface area contributed by atoms with Crippen LogP contribution in [0.4, 0.5) is 0 Å². The summed E-state index contributed by atoms with van der Waals surface area (Å²) in [6, 6.07) is 0. The Morgan fingerprint density at radius 2 is 2.40 bits per heavy atom. The average Bonchev–Trinajstić information content (AvgIpc) is 2.20. The van der Waals surface area contributed by atoms with Crippen LogP contribution in [0.1, 0.15) is 19.0 Å². The second-order valence-electron chi connectivity index (χ2n) is 2.30. The maximum atomic E-state index is 4.21. The van der Waals surface area contributed by atoms with Crippen molar-refractivity contribution in [2.45, 2.75) is 26.8 Å². The van der Waals surface area contributed by atoms with Crippen LogP contribution in [-0.2, 0) is 6.54 Å². The minimum Gasteiger partial charge on any atom is -0.269 e. The van der Waals surface area contributed by atoms with Crippen LogP contribution in [0.5, 0.6) is 0 Å². The summed E-state index contributed by atoms with van der Waals surface area (Å²) in [5, 5.41) is 4.21. The Kier molecular flexibility index (Phi) is 2.71. The van der Waals surface area contributed by atoms with Gasteiger partial charge in [-0.05, 0) is 35.9 Å². The molecule has 0 aliphatic carbocycles. The highest BCUT2D eigenvalue weighted by Gasteiger charge is 2.00. The van der Waals surface area contributed by atoms with Gasteiger partial charge in [0, 0.05) is 12.2 Å². The third-order valence-corrected chi connectivity index (χ3v) is 2.54. The van der Waals surface area contributed by atoms with Crippen molar-refractivity contribution in [1.29, 1.82) is 0 Å². The first kappa shape index (κ1) is 8.04. The van der Waals surface area contributed by atoms with Crippen LogP contribution in [0.25, 0.3) is 0 Å². The second-order valence-corrected chi connectivity index (χ2v) is 3.46. The van der Waals surface area contributed by atoms with Gasteiger partial charge in [-0.2, -0.15) is 5.10 Å². The Morgan fingerprint density at radius 3 is 2.80 bits per heavy atom. The highest BCUT2D eigenvalue weighted by Crippen LogP contribution is 2.09. The molecule has 0 aliphatic heterocycles. The number of nitrogens with zero attached hydrogens (tertiary/aromatic N) is 2. The summed E-state index contributed by atoms with van der Waals surface area (Å²) in [6.07, 6.45) is 3.06. The van der Waals surface area contributed by atoms with E-state index in [1.807, 2.05) is 10.9 Å². The SMILES string of the molecule is CCCn1ncc(I)c1C. The van der Waals surface area contributed by atoms with Crippen LogP contribution in [0.3, 0.4) is 0 Å². The van der Waals surface area contributed by atoms with Gasteiger partial charge in [0.25, 0.3) is 0 Å². The van der Waals surface area contributed by atoms with Crippen molar-refractivity contribution < 1.29 is 0 Å². The van der Waals surface area contributed by atoms with Crippen molar-refractivity contribution in [3.8, 4) is 0 Å². The van der Waals surface area contributed by atoms with E-state index in [4.69, 9.17) is 0 Å². The zero-order chi connectivity index (χ0) is 7.56. The first-order valence-electron chi connectivity index (χ1n) is 3.43. The lowest BCUT2D eigenvalue weighted by Crippen LogP contribution is -2.00. The quantitative estimate of drug-likeness (QED) is 0.736. The van der Waals surface area contributed by atoms with Gasteiger partial charge in [-0.3, -0.25) is 4.68 Å². The van der Waals surface area contributed by atoms with Crippen LogP contribution in [0.2, 0.25) is 0 Å². The normalized spacial score (nSPS) is 10.3. The molecule has 0 bridgehead atoms. The third kappa shape index (κ3) is 1.51. The van der Waals surface area contributed by atoms with E-state index in [-0.39, 0.29) is 0 Å². The van der Waals surface area contributed by atoms with Crippen molar-refractivity contribution in [3.63, 3.8) is 0 Å². The number of aromatic nitrogens is 2. The van der Waals surface area contributed by atoms with Crippen molar-refractivity contribution in [2.24, 2.45) is 0 Å². The fourth-order valence-electron chi connectivity index (χ4n) is 0.861. The summed E-state index contributed by atoms with van der Waals surface area (Å²) in [5.41, 5.74) is 1.28. The smallest absolute Gasteiger partial charge is 0.0626 e. The number of hydrogen-bond donors (Lipinski definition) is 0. The molecule has 1 heterocycles. The van der Waals surface area contributed by atoms with Gasteiger partial charge in [-0.25, -0.2) is 0 Å². The number of rotatable bonds is 2. The summed E-state index contributed by atoms with van der Waals surface area (Å²) in [5.74, 6) is 0. The van der Waals surface area contributed by atoms with Gasteiger partial charge in [0.15, 0.2) is 0 Å². The van der Waals surface area contributed by atoms with Gasteiger partial charge in [0.2, 0.25) is 0 Å². The maximum absolute atomic E-state index is 4.21. The highest BCUT2D eigenvalue weighted by molar-refractivity contribution is 14.1. The van der Waals surface area contributed by atoms with E-state index >= 15 is 0 Å². The molecule has 0 fully saturated rings. The second kappa shape index (κ2) is 3.37. The molecular weight excluding hydrogens is 239 g/mol. The number of aryl methyl sites for hydroxylation is 1. The molecule has 2 nitrogen and oxygen atoms in total. The Labute approximate surface area is 74.8 Å². The summed E-state index contributed by atoms with van der Waals surface area (Å²) in [6.45, 7) is 5.30. The lowest BCUT2D eigenvalue weighted by atomic mass is 10.4. The summed E-state index contributed by atoms with van der Waals surface area (Å²) >= 11 is 2.30. The molecule has 56 valence electrons. The Hall–Kier alpha value is -0.0600. The van der Waals surface area contributed by atoms with E-state index in [0.29, 0.717) is 0 Å². The molecule has 0 saturated carbocycles. The topological polar surface area (TPSA) is 17.8 Å². The average molecular weight is 250 g/mol. The van der Waals surface area contributed by atoms with Crippen molar-refractivity contribution >= 4 is 22.6 Å². The molecule has 0 aliphatic rings. The minimum atomic E-state index is 1.04. The van der Waals surface area contributed by atoms with E-state index in [2.05, 4.69) is 41.5 Å². The van der Waals surface area contributed by atoms with Gasteiger partial charge in [0.1, 0.15) is 0 Å². The molecule has 0 unspecified atom stereocenters. The van der Waals surface area contributed by atoms with E-state index in [9.17, 15) is 0 Å². The van der Waals surface area contributed by atoms with Crippen molar-refractivity contribution in [1.82, 2.24) is 9.78 Å². The van der Waals surface area contributed by atoms with Gasteiger partial charge >= 0.3 is 0 Å². The number of halogens is 1. The molecular formula is C7H11IN2. The van der Waals surface area contributed by atoms with Crippen molar-refractivity contribution in [3.05, 3.63) is 15.5 Å². The predicted octanol–water partition coefficient (Wildman–Crippen LogP) is 2.21. The first-order chi connectivity index (χ1) is 4.75. The standard InChI is InChI=1S/C7H11IN2/c1-3-4-10-6(2)7(8)5-9-10/h5H,3-4H2,1-2H3. The van der Waals surface area contributed by atoms with Crippen LogP contribution >= 0.6 is 22.6 Å². The molecule has 3 heteroatoms. The monoisotopic (exact) mass is 250 g/mol. The Morgan fingerprint density at radius 1 is 1.70 bits per heavy atom. The van der Waals surface area contributed by atoms with Gasteiger partial charge < -0.3 is 0 Å². The predicted molar refractivity (Wildman–Crippen MR) is 50.0 cm³/mol. The Balaban J connectivity index is 2.83. The lowest BCUT2D eigenvalue weighted by molar-refractivity contribution is 0.587. The largest absolute Gasteiger partial charge is 0.269 e. The first-order valence-corrected chi connectivity index (χ1v) is 4.51. The minimum absolute atomic E-state index is 1.04. The van der Waals surface area contributed by atoms with Crippen LogP contribution in [-0.4, -0.2) is 9.78 Å². The van der Waals surface area contributed by atoms with Crippen molar-refractivity contribution in [2.75, 3.05) is 0 Å². The molecule has 1 rings (SSSR count). The van der Waals surface area contributed by atoms with Gasteiger partial charge in [0.05, 0.1) is 9.77 Å². The molecule has 1 aromatic rings. The molecule has 0 radical (unpaired) electrons. The van der Waals surface area contributed by atoms with Crippen LogP contribution < -0.4 is 0 Å². The molecule has 0 N–H and O–H groups in total. The lowest BCUT2D eigenvalue weighted by Gasteiger charge is -1.99. The van der Waals surface area contributed by atoms with E-state index in [1.54, 1.807) is 0 Å². The zero-order valence-corrected chi connectivity index (χ0v) is 8.42. The number of hydrogen-bond acceptors (Lipinski definition) is 1. The molecule has 10 heavy (non-hydrogen) atoms. The fourth-order valence-corrected chi connectivity index (χ4v) is 1.26. The molecule has 0 saturated heterocycles. The van der Waals surface area contributed by atoms with Gasteiger partial charge in [-0.1, -0.05) is 6.92 Å². The van der Waals surface area contributed by atoms with Gasteiger partial charge in [-0.15, -0.1) is 0 Å². The van der Waals surface area contributed by atoms with E-state index < -0.39 is 0 Å². The Bertz CT molecular complexity index is 217. The van der Waals surface area contributed by atoms with E-state index in [1.165, 1.54) is 9.26 Å². The molecule has 0 aromatic carbocycles. The van der Waals surface area contributed by atoms with Crippen LogP contribution in [0, 0.1) is 10.5 Å². The van der Waals surface area contributed by atoms with Crippen LogP contribution in [0.15, 0.2) is 6.20 Å². The van der Waals surface area contributed by atoms with E-state index in [0.717, 1.165) is 13.0 Å². The molecule has 0 atom stereocenters. The summed E-state index contributed by atoms with van der Waals surface area (Å²) < 4.78 is 3.30. The molecule has 0 amide bonds. The summed E-state index contributed by atoms with van der Waals surface area (Å²) in [7, 11) is 0.